The van der Waals surface area contributed by atoms with E-state index in [1.165, 1.54) is 61.1 Å². The highest BCUT2D eigenvalue weighted by Gasteiger charge is 2.52. The van der Waals surface area contributed by atoms with E-state index in [4.69, 9.17) is 0 Å². The molecule has 11 aromatic rings. The highest BCUT2D eigenvalue weighted by molar-refractivity contribution is 5.98. The molecule has 0 aromatic heterocycles. The lowest BCUT2D eigenvalue weighted by Gasteiger charge is -2.45. The second-order valence-corrected chi connectivity index (χ2v) is 17.7. The van der Waals surface area contributed by atoms with Crippen LogP contribution in [0.15, 0.2) is 273 Å². The van der Waals surface area contributed by atoms with E-state index in [1.54, 1.807) is 0 Å². The lowest BCUT2D eigenvalue weighted by molar-refractivity contribution is 0.753. The Morgan fingerprint density at radius 2 is 0.750 bits per heavy atom. The molecule has 0 unspecified atom stereocenters. The van der Waals surface area contributed by atoms with Crippen molar-refractivity contribution in [1.82, 2.24) is 0 Å². The molecule has 0 bridgehead atoms. The summed E-state index contributed by atoms with van der Waals surface area (Å²) in [5.74, 6) is 0. The van der Waals surface area contributed by atoms with Crippen LogP contribution in [0.25, 0.3) is 33.0 Å². The molecule has 0 amide bonds. The van der Waals surface area contributed by atoms with Gasteiger partial charge in [0.15, 0.2) is 0 Å². The van der Waals surface area contributed by atoms with Gasteiger partial charge >= 0.3 is 0 Å². The van der Waals surface area contributed by atoms with Gasteiger partial charge in [-0.2, -0.15) is 0 Å². The summed E-state index contributed by atoms with van der Waals surface area (Å²) in [5.41, 5.74) is 19.4. The number of hydrogen-bond donors (Lipinski definition) is 0. The second kappa shape index (κ2) is 16.2. The number of hydrogen-bond acceptors (Lipinski definition) is 3. The number of anilines is 9. The van der Waals surface area contributed by atoms with Crippen LogP contribution in [0.1, 0.15) is 22.3 Å². The van der Waals surface area contributed by atoms with Gasteiger partial charge in [0.1, 0.15) is 0 Å². The lowest BCUT2D eigenvalue weighted by atomic mass is 9.64. The third-order valence-corrected chi connectivity index (χ3v) is 14.0. The van der Waals surface area contributed by atoms with Gasteiger partial charge in [0, 0.05) is 39.8 Å². The number of nitrogens with zero attached hydrogens (tertiary/aromatic N) is 3. The molecule has 11 aromatic carbocycles. The van der Waals surface area contributed by atoms with E-state index in [-0.39, 0.29) is 0 Å². The van der Waals surface area contributed by atoms with Crippen molar-refractivity contribution in [3.8, 4) is 22.3 Å². The Morgan fingerprint density at radius 1 is 0.265 bits per heavy atom. The number of para-hydroxylation sites is 6. The topological polar surface area (TPSA) is 9.72 Å². The van der Waals surface area contributed by atoms with E-state index in [0.717, 1.165) is 45.4 Å². The van der Waals surface area contributed by atoms with Crippen molar-refractivity contribution >= 4 is 62.0 Å². The molecule has 0 fully saturated rings. The van der Waals surface area contributed by atoms with Crippen LogP contribution >= 0.6 is 0 Å². The maximum atomic E-state index is 2.49. The molecule has 1 aliphatic carbocycles. The van der Waals surface area contributed by atoms with Gasteiger partial charge in [-0.3, -0.25) is 0 Å². The zero-order valence-corrected chi connectivity index (χ0v) is 37.3. The van der Waals surface area contributed by atoms with E-state index in [9.17, 15) is 0 Å². The molecular formula is C65H45N3. The lowest BCUT2D eigenvalue weighted by Crippen LogP contribution is -2.36. The molecule has 0 saturated heterocycles. The van der Waals surface area contributed by atoms with E-state index < -0.39 is 5.41 Å². The average Bonchev–Trinajstić information content (AvgIpc) is 3.69. The van der Waals surface area contributed by atoms with Gasteiger partial charge in [-0.05, 0) is 158 Å². The average molecular weight is 868 g/mol. The Kier molecular flexibility index (Phi) is 9.40. The summed E-state index contributed by atoms with van der Waals surface area (Å²) in [7, 11) is 0. The largest absolute Gasteiger partial charge is 0.310 e. The Balaban J connectivity index is 1.04. The monoisotopic (exact) mass is 867 g/mol. The zero-order valence-electron chi connectivity index (χ0n) is 37.3. The smallest absolute Gasteiger partial charge is 0.0754 e. The van der Waals surface area contributed by atoms with Crippen molar-refractivity contribution in [2.24, 2.45) is 0 Å². The SMILES string of the molecule is c1ccc(N(c2ccccc2)c2ccc3c(c2)-c2ccc(-c4cccc(N(c5ccccc5)c5ccc6ccccc6c5)c4)cc2C32c3ccccc3N(c3ccccc3)c3ccccc32)cc1. The predicted octanol–water partition coefficient (Wildman–Crippen LogP) is 17.6. The van der Waals surface area contributed by atoms with Gasteiger partial charge in [0.25, 0.3) is 0 Å². The minimum atomic E-state index is -0.624. The molecule has 0 atom stereocenters. The summed E-state index contributed by atoms with van der Waals surface area (Å²) in [6.45, 7) is 0. The Bertz CT molecular complexity index is 3560. The normalized spacial score (nSPS) is 12.8. The van der Waals surface area contributed by atoms with Crippen LogP contribution in [0, 0.1) is 0 Å². The third-order valence-electron chi connectivity index (χ3n) is 14.0. The first-order valence-electron chi connectivity index (χ1n) is 23.4. The first kappa shape index (κ1) is 39.4. The predicted molar refractivity (Wildman–Crippen MR) is 284 cm³/mol. The molecule has 1 heterocycles. The molecule has 320 valence electrons. The van der Waals surface area contributed by atoms with Crippen LogP contribution in [-0.2, 0) is 5.41 Å². The van der Waals surface area contributed by atoms with Crippen molar-refractivity contribution < 1.29 is 0 Å². The van der Waals surface area contributed by atoms with Crippen molar-refractivity contribution in [3.05, 3.63) is 295 Å². The summed E-state index contributed by atoms with van der Waals surface area (Å²) in [6, 6.07) is 99.9. The molecule has 0 radical (unpaired) electrons. The van der Waals surface area contributed by atoms with Gasteiger partial charge in [-0.25, -0.2) is 0 Å². The van der Waals surface area contributed by atoms with Gasteiger partial charge in [-0.15, -0.1) is 0 Å². The Hall–Kier alpha value is -8.92. The standard InChI is InChI=1S/C65H45N3/c1-5-23-50(24-6-1)66(51-25-7-2-8-26-51)56-39-41-59-58(45-56)57-40-37-49(48-22-19-31-54(43-48)67(52-27-9-3-10-28-52)55-38-36-46-20-13-14-21-47(46)42-55)44-62(57)65(59)60-32-15-17-34-63(60)68(53-29-11-4-12-30-53)64-35-18-16-33-61(64)65/h1-45H. The fourth-order valence-electron chi connectivity index (χ4n) is 11.1. The Morgan fingerprint density at radius 3 is 1.40 bits per heavy atom. The molecule has 0 N–H and O–H groups in total. The molecule has 1 aliphatic heterocycles. The number of rotatable bonds is 8. The van der Waals surface area contributed by atoms with E-state index >= 15 is 0 Å². The maximum absolute atomic E-state index is 2.49. The maximum Gasteiger partial charge on any atom is 0.0754 e. The minimum absolute atomic E-state index is 0.624. The van der Waals surface area contributed by atoms with Gasteiger partial charge < -0.3 is 14.7 Å². The van der Waals surface area contributed by atoms with Crippen LogP contribution in [0.3, 0.4) is 0 Å². The van der Waals surface area contributed by atoms with Crippen molar-refractivity contribution in [1.29, 1.82) is 0 Å². The fourth-order valence-corrected chi connectivity index (χ4v) is 11.1. The fraction of sp³-hybridized carbons (Fsp3) is 0.0154. The van der Waals surface area contributed by atoms with Gasteiger partial charge in [0.2, 0.25) is 0 Å². The third kappa shape index (κ3) is 6.28. The van der Waals surface area contributed by atoms with Gasteiger partial charge in [0.05, 0.1) is 16.8 Å². The molecule has 0 saturated carbocycles. The summed E-state index contributed by atoms with van der Waals surface area (Å²) in [5, 5.41) is 2.44. The number of benzene rings is 11. The van der Waals surface area contributed by atoms with Crippen LogP contribution in [0.5, 0.6) is 0 Å². The first-order chi connectivity index (χ1) is 33.7. The van der Waals surface area contributed by atoms with E-state index in [1.807, 2.05) is 0 Å². The van der Waals surface area contributed by atoms with Gasteiger partial charge in [-0.1, -0.05) is 170 Å². The second-order valence-electron chi connectivity index (χ2n) is 17.7. The molecule has 13 rings (SSSR count). The number of fused-ring (bicyclic) bond motifs is 10. The summed E-state index contributed by atoms with van der Waals surface area (Å²) in [4.78, 5) is 7.20. The quantitative estimate of drug-likeness (QED) is 0.151. The van der Waals surface area contributed by atoms with E-state index in [2.05, 4.69) is 288 Å². The van der Waals surface area contributed by atoms with E-state index in [0.29, 0.717) is 0 Å². The highest BCUT2D eigenvalue weighted by Crippen LogP contribution is 2.64. The molecule has 3 nitrogen and oxygen atoms in total. The highest BCUT2D eigenvalue weighted by atomic mass is 15.2. The van der Waals surface area contributed by atoms with Crippen molar-refractivity contribution in [2.75, 3.05) is 14.7 Å². The van der Waals surface area contributed by atoms with Crippen LogP contribution < -0.4 is 14.7 Å². The Labute approximate surface area is 397 Å². The van der Waals surface area contributed by atoms with Crippen molar-refractivity contribution in [2.45, 2.75) is 5.41 Å². The van der Waals surface area contributed by atoms with Crippen molar-refractivity contribution in [3.63, 3.8) is 0 Å². The molecule has 1 spiro atoms. The minimum Gasteiger partial charge on any atom is -0.310 e. The summed E-state index contributed by atoms with van der Waals surface area (Å²) < 4.78 is 0. The zero-order chi connectivity index (χ0) is 45.0. The molecular weight excluding hydrogens is 823 g/mol. The molecule has 68 heavy (non-hydrogen) atoms. The molecule has 2 aliphatic rings. The summed E-state index contributed by atoms with van der Waals surface area (Å²) >= 11 is 0. The summed E-state index contributed by atoms with van der Waals surface area (Å²) in [6.07, 6.45) is 0. The molecule has 3 heteroatoms. The van der Waals surface area contributed by atoms with Crippen LogP contribution in [-0.4, -0.2) is 0 Å². The van der Waals surface area contributed by atoms with Crippen LogP contribution in [0.2, 0.25) is 0 Å². The van der Waals surface area contributed by atoms with Crippen LogP contribution in [0.4, 0.5) is 51.2 Å². The first-order valence-corrected chi connectivity index (χ1v) is 23.4.